The quantitative estimate of drug-likeness (QED) is 0.156. The molecule has 2 heterocycles. The number of nitrogens with zero attached hydrogens (tertiary/aromatic N) is 1. The monoisotopic (exact) mass is 392 g/mol. The molecule has 0 atom stereocenters. The van der Waals surface area contributed by atoms with Crippen molar-refractivity contribution < 1.29 is 9.78 Å². The first-order chi connectivity index (χ1) is 13.6. The van der Waals surface area contributed by atoms with Gasteiger partial charge >= 0.3 is 0 Å². The van der Waals surface area contributed by atoms with Crippen LogP contribution < -0.4 is 33.1 Å². The number of H-pyrrole nitrogens is 1. The number of primary amides is 1. The summed E-state index contributed by atoms with van der Waals surface area (Å²) >= 11 is 1.65. The first kappa shape index (κ1) is 17.7. The number of amides is 1. The number of amidine groups is 1. The number of rotatable bonds is 4. The molecule has 0 bridgehead atoms. The van der Waals surface area contributed by atoms with Crippen molar-refractivity contribution in [2.75, 3.05) is 5.32 Å². The first-order valence-corrected chi connectivity index (χ1v) is 9.26. The number of hydrogen-bond acceptors (Lipinski definition) is 6. The second kappa shape index (κ2) is 7.14. The Bertz CT molecular complexity index is 1230. The minimum absolute atomic E-state index is 0.380. The lowest BCUT2D eigenvalue weighted by atomic mass is 10.1. The van der Waals surface area contributed by atoms with E-state index in [4.69, 9.17) is 17.4 Å². The van der Waals surface area contributed by atoms with E-state index in [0.717, 1.165) is 38.1 Å². The van der Waals surface area contributed by atoms with Crippen LogP contribution in [-0.2, 0) is 0 Å². The lowest BCUT2D eigenvalue weighted by molar-refractivity contribution is -0.325. The van der Waals surface area contributed by atoms with Crippen LogP contribution in [0.25, 0.3) is 21.0 Å². The maximum absolute atomic E-state index is 11.5. The molecule has 0 aliphatic heterocycles. The third kappa shape index (κ3) is 3.08. The average Bonchev–Trinajstić information content (AvgIpc) is 3.19. The number of thiophene rings is 1. The van der Waals surface area contributed by atoms with E-state index in [1.807, 2.05) is 35.7 Å². The van der Waals surface area contributed by atoms with Crippen molar-refractivity contribution in [3.05, 3.63) is 65.0 Å². The van der Waals surface area contributed by atoms with Crippen molar-refractivity contribution in [2.24, 2.45) is 22.5 Å². The Labute approximate surface area is 164 Å². The van der Waals surface area contributed by atoms with Crippen LogP contribution >= 0.6 is 11.3 Å². The fourth-order valence-electron chi connectivity index (χ4n) is 3.10. The summed E-state index contributed by atoms with van der Waals surface area (Å²) in [6.45, 7) is 0. The van der Waals surface area contributed by atoms with Gasteiger partial charge in [-0.2, -0.15) is 5.10 Å². The summed E-state index contributed by atoms with van der Waals surface area (Å²) in [6, 6.07) is 14.9. The van der Waals surface area contributed by atoms with Gasteiger partial charge in [0.1, 0.15) is 11.2 Å². The second-order valence-corrected chi connectivity index (χ2v) is 7.03. The topological polar surface area (TPSA) is 146 Å². The molecule has 2 aromatic heterocycles. The van der Waals surface area contributed by atoms with Crippen LogP contribution in [0.5, 0.6) is 0 Å². The summed E-state index contributed by atoms with van der Waals surface area (Å²) in [5.74, 6) is 11.6. The van der Waals surface area contributed by atoms with Gasteiger partial charge in [-0.05, 0) is 41.8 Å². The summed E-state index contributed by atoms with van der Waals surface area (Å²) < 4.78 is 1.13. The summed E-state index contributed by atoms with van der Waals surface area (Å²) in [4.78, 5) is 14.9. The first-order valence-electron chi connectivity index (χ1n) is 8.38. The zero-order chi connectivity index (χ0) is 19.7. The fraction of sp³-hybridized carbons (Fsp3) is 0. The molecule has 8 nitrogen and oxygen atoms in total. The van der Waals surface area contributed by atoms with E-state index < -0.39 is 5.91 Å². The van der Waals surface area contributed by atoms with Gasteiger partial charge in [-0.3, -0.25) is 4.79 Å². The molecule has 4 aromatic rings. The number of nitrogens with two attached hydrogens (primary N) is 3. The van der Waals surface area contributed by atoms with Crippen LogP contribution in [-0.4, -0.2) is 11.7 Å². The van der Waals surface area contributed by atoms with Gasteiger partial charge in [0.2, 0.25) is 5.91 Å². The Morgan fingerprint density at radius 1 is 1.07 bits per heavy atom. The number of carbonyl (C=O) groups is 1. The zero-order valence-corrected chi connectivity index (χ0v) is 15.5. The Balaban J connectivity index is 1.86. The number of aromatic nitrogens is 1. The molecule has 0 spiro atoms. The molecule has 0 saturated heterocycles. The highest BCUT2D eigenvalue weighted by atomic mass is 32.1. The third-order valence-corrected chi connectivity index (χ3v) is 5.36. The number of nitrogens with one attached hydrogen (secondary N) is 3. The molecule has 28 heavy (non-hydrogen) atoms. The van der Waals surface area contributed by atoms with E-state index in [1.165, 1.54) is 0 Å². The standard InChI is InChI=1S/C19H17N7OS/c20-17(27)10-2-1-3-12(8-10)23-19-14-6-7-28-16(14)13-5-4-11(9-15(13)24-19)18(25-21)26-22/h1-9H,21-22H2,(H2,20,27)(H,23,24)(H,25,26)/p+1. The van der Waals surface area contributed by atoms with Crippen LogP contribution in [0, 0.1) is 0 Å². The largest absolute Gasteiger partial charge is 0.366 e. The van der Waals surface area contributed by atoms with Crippen molar-refractivity contribution in [1.29, 1.82) is 0 Å². The van der Waals surface area contributed by atoms with Crippen LogP contribution in [0.15, 0.2) is 59.0 Å². The highest BCUT2D eigenvalue weighted by Crippen LogP contribution is 2.33. The second-order valence-electron chi connectivity index (χ2n) is 6.12. The number of hydrogen-bond donors (Lipinski definition) is 5. The van der Waals surface area contributed by atoms with E-state index in [-0.39, 0.29) is 0 Å². The maximum atomic E-state index is 11.5. The summed E-state index contributed by atoms with van der Waals surface area (Å²) in [5.41, 5.74) is 10.7. The molecule has 2 aromatic carbocycles. The smallest absolute Gasteiger partial charge is 0.286 e. The number of anilines is 2. The number of carbonyl (C=O) groups excluding carboxylic acids is 1. The lowest BCUT2D eigenvalue weighted by Crippen LogP contribution is -2.32. The number of hydrazine groups is 1. The predicted molar refractivity (Wildman–Crippen MR) is 112 cm³/mol. The normalized spacial score (nSPS) is 11.7. The minimum Gasteiger partial charge on any atom is -0.366 e. The molecule has 0 aliphatic rings. The maximum Gasteiger partial charge on any atom is 0.286 e. The van der Waals surface area contributed by atoms with Crippen molar-refractivity contribution in [1.82, 2.24) is 5.43 Å². The Morgan fingerprint density at radius 2 is 1.93 bits per heavy atom. The summed E-state index contributed by atoms with van der Waals surface area (Å²) in [6.07, 6.45) is 0. The lowest BCUT2D eigenvalue weighted by Gasteiger charge is -2.07. The Hall–Kier alpha value is -3.69. The molecule has 4 rings (SSSR count). The molecule has 0 radical (unpaired) electrons. The molecule has 0 saturated carbocycles. The fourth-order valence-corrected chi connectivity index (χ4v) is 4.04. The van der Waals surface area contributed by atoms with E-state index in [0.29, 0.717) is 11.4 Å². The number of pyridine rings is 1. The molecule has 1 amide bonds. The van der Waals surface area contributed by atoms with E-state index in [9.17, 15) is 4.79 Å². The van der Waals surface area contributed by atoms with Crippen LogP contribution in [0.4, 0.5) is 11.5 Å². The van der Waals surface area contributed by atoms with Crippen LogP contribution in [0.3, 0.4) is 0 Å². The minimum atomic E-state index is -0.473. The van der Waals surface area contributed by atoms with E-state index in [2.05, 4.69) is 20.8 Å². The third-order valence-electron chi connectivity index (χ3n) is 4.41. The number of hydrazone groups is 1. The highest BCUT2D eigenvalue weighted by molar-refractivity contribution is 7.18. The van der Waals surface area contributed by atoms with Gasteiger partial charge in [-0.15, -0.1) is 11.3 Å². The predicted octanol–water partition coefficient (Wildman–Crippen LogP) is 1.79. The molecule has 9 N–H and O–H groups in total. The summed E-state index contributed by atoms with van der Waals surface area (Å²) in [5, 5.41) is 11.1. The number of aromatic amines is 1. The van der Waals surface area contributed by atoms with Crippen LogP contribution in [0.2, 0.25) is 0 Å². The van der Waals surface area contributed by atoms with E-state index in [1.54, 1.807) is 29.5 Å². The summed E-state index contributed by atoms with van der Waals surface area (Å²) in [7, 11) is 0. The molecule has 0 unspecified atom stereocenters. The van der Waals surface area contributed by atoms with Gasteiger partial charge in [0, 0.05) is 16.5 Å². The van der Waals surface area contributed by atoms with Crippen LogP contribution in [0.1, 0.15) is 15.9 Å². The molecule has 9 heteroatoms. The molecule has 0 fully saturated rings. The average molecular weight is 392 g/mol. The highest BCUT2D eigenvalue weighted by Gasteiger charge is 2.17. The molecular weight excluding hydrogens is 374 g/mol. The number of fused-ring (bicyclic) bond motifs is 3. The molecule has 140 valence electrons. The van der Waals surface area contributed by atoms with Gasteiger partial charge in [0.15, 0.2) is 5.84 Å². The van der Waals surface area contributed by atoms with Gasteiger partial charge in [0.25, 0.3) is 5.82 Å². The Morgan fingerprint density at radius 3 is 2.68 bits per heavy atom. The molecule has 0 aliphatic carbocycles. The van der Waals surface area contributed by atoms with Gasteiger partial charge < -0.3 is 17.0 Å². The van der Waals surface area contributed by atoms with Crippen molar-refractivity contribution in [2.45, 2.75) is 0 Å². The van der Waals surface area contributed by atoms with E-state index >= 15 is 0 Å². The van der Waals surface area contributed by atoms with Gasteiger partial charge in [-0.1, -0.05) is 12.1 Å². The van der Waals surface area contributed by atoms with Crippen molar-refractivity contribution in [3.63, 3.8) is 0 Å². The van der Waals surface area contributed by atoms with Crippen molar-refractivity contribution in [3.8, 4) is 0 Å². The van der Waals surface area contributed by atoms with Gasteiger partial charge in [-0.25, -0.2) is 16.1 Å². The molecular formula is C19H18N7OS+. The van der Waals surface area contributed by atoms with Crippen molar-refractivity contribution >= 4 is 55.6 Å². The van der Waals surface area contributed by atoms with Gasteiger partial charge in [0.05, 0.1) is 10.1 Å². The zero-order valence-electron chi connectivity index (χ0n) is 14.7. The number of benzene rings is 2. The SMILES string of the molecule is N/N=C(\NN)c1ccc2c(c1)[nH+]c(Nc1cccc(C(N)=O)c1)c1ccsc12. The Kier molecular flexibility index (Phi) is 4.52.